The number of amides is 1. The van der Waals surface area contributed by atoms with E-state index in [1.807, 2.05) is 24.3 Å². The number of carbonyl (C=O) groups excluding carboxylic acids is 1. The minimum atomic E-state index is -0.157. The van der Waals surface area contributed by atoms with Crippen LogP contribution in [0.4, 0.5) is 0 Å². The highest BCUT2D eigenvalue weighted by atomic mass is 16.5. The van der Waals surface area contributed by atoms with Gasteiger partial charge >= 0.3 is 0 Å². The van der Waals surface area contributed by atoms with E-state index in [0.717, 1.165) is 23.9 Å². The summed E-state index contributed by atoms with van der Waals surface area (Å²) in [7, 11) is 1.73. The molecule has 3 rings (SSSR count). The third-order valence-electron chi connectivity index (χ3n) is 5.64. The van der Waals surface area contributed by atoms with E-state index in [-0.39, 0.29) is 18.1 Å². The van der Waals surface area contributed by atoms with Gasteiger partial charge in [-0.2, -0.15) is 0 Å². The van der Waals surface area contributed by atoms with Gasteiger partial charge in [0, 0.05) is 37.6 Å². The number of fused-ring (bicyclic) bond motifs is 1. The Hall–Kier alpha value is -2.34. The summed E-state index contributed by atoms with van der Waals surface area (Å²) in [5.74, 6) is 0.295. The SMILES string of the molecule is CC[C@H]1CCCCN1CCCNC(=O)COc1cc(=O)n(C)c2ccccc12. The zero-order valence-electron chi connectivity index (χ0n) is 16.9. The quantitative estimate of drug-likeness (QED) is 0.710. The normalized spacial score (nSPS) is 17.6. The molecule has 0 unspecified atom stereocenters. The number of pyridine rings is 1. The monoisotopic (exact) mass is 385 g/mol. The van der Waals surface area contributed by atoms with Gasteiger partial charge in [-0.25, -0.2) is 0 Å². The van der Waals surface area contributed by atoms with Crippen molar-refractivity contribution in [2.75, 3.05) is 26.2 Å². The topological polar surface area (TPSA) is 63.6 Å². The first-order valence-electron chi connectivity index (χ1n) is 10.3. The number of carbonyl (C=O) groups is 1. The Morgan fingerprint density at radius 2 is 2.11 bits per heavy atom. The molecule has 1 aliphatic rings. The molecule has 1 aliphatic heterocycles. The predicted molar refractivity (Wildman–Crippen MR) is 112 cm³/mol. The number of nitrogens with one attached hydrogen (secondary N) is 1. The second-order valence-corrected chi connectivity index (χ2v) is 7.51. The highest BCUT2D eigenvalue weighted by Gasteiger charge is 2.19. The second kappa shape index (κ2) is 9.73. The number of aromatic nitrogens is 1. The van der Waals surface area contributed by atoms with E-state index < -0.39 is 0 Å². The van der Waals surface area contributed by atoms with E-state index >= 15 is 0 Å². The molecule has 2 aromatic rings. The summed E-state index contributed by atoms with van der Waals surface area (Å²) in [5, 5.41) is 3.75. The maximum absolute atomic E-state index is 12.1. The Labute approximate surface area is 166 Å². The summed E-state index contributed by atoms with van der Waals surface area (Å²) in [6.45, 7) is 5.01. The molecular formula is C22H31N3O3. The van der Waals surface area contributed by atoms with Crippen LogP contribution in [0.1, 0.15) is 39.0 Å². The highest BCUT2D eigenvalue weighted by molar-refractivity contribution is 5.86. The third kappa shape index (κ3) is 4.93. The zero-order chi connectivity index (χ0) is 19.9. The van der Waals surface area contributed by atoms with Crippen LogP contribution in [0.3, 0.4) is 0 Å². The van der Waals surface area contributed by atoms with Crippen molar-refractivity contribution in [3.8, 4) is 5.75 Å². The van der Waals surface area contributed by atoms with Crippen LogP contribution in [0, 0.1) is 0 Å². The number of likely N-dealkylation sites (tertiary alicyclic amines) is 1. The molecule has 6 nitrogen and oxygen atoms in total. The molecule has 0 saturated carbocycles. The van der Waals surface area contributed by atoms with Gasteiger partial charge in [0.05, 0.1) is 5.52 Å². The molecule has 28 heavy (non-hydrogen) atoms. The fraction of sp³-hybridized carbons (Fsp3) is 0.545. The number of hydrogen-bond donors (Lipinski definition) is 1. The average Bonchev–Trinajstić information content (AvgIpc) is 2.73. The Morgan fingerprint density at radius 1 is 1.29 bits per heavy atom. The van der Waals surface area contributed by atoms with Gasteiger partial charge in [0.15, 0.2) is 6.61 Å². The molecular weight excluding hydrogens is 354 g/mol. The third-order valence-corrected chi connectivity index (χ3v) is 5.64. The van der Waals surface area contributed by atoms with Crippen molar-refractivity contribution < 1.29 is 9.53 Å². The van der Waals surface area contributed by atoms with Crippen LogP contribution >= 0.6 is 0 Å². The molecule has 1 fully saturated rings. The van der Waals surface area contributed by atoms with E-state index in [2.05, 4.69) is 17.1 Å². The van der Waals surface area contributed by atoms with Gasteiger partial charge in [-0.1, -0.05) is 25.5 Å². The summed E-state index contributed by atoms with van der Waals surface area (Å²) < 4.78 is 7.24. The molecule has 1 N–H and O–H groups in total. The first-order chi connectivity index (χ1) is 13.6. The van der Waals surface area contributed by atoms with Crippen molar-refractivity contribution in [3.05, 3.63) is 40.7 Å². The van der Waals surface area contributed by atoms with Crippen LogP contribution in [0.2, 0.25) is 0 Å². The van der Waals surface area contributed by atoms with E-state index in [0.29, 0.717) is 18.3 Å². The van der Waals surface area contributed by atoms with Gasteiger partial charge in [0.2, 0.25) is 0 Å². The van der Waals surface area contributed by atoms with Gasteiger partial charge in [-0.15, -0.1) is 0 Å². The van der Waals surface area contributed by atoms with E-state index in [4.69, 9.17) is 4.74 Å². The second-order valence-electron chi connectivity index (χ2n) is 7.51. The predicted octanol–water partition coefficient (Wildman–Crippen LogP) is 2.69. The summed E-state index contributed by atoms with van der Waals surface area (Å²) in [6, 6.07) is 9.67. The molecule has 2 heterocycles. The van der Waals surface area contributed by atoms with Gasteiger partial charge in [-0.05, 0) is 44.4 Å². The minimum Gasteiger partial charge on any atom is -0.483 e. The van der Waals surface area contributed by atoms with E-state index in [1.165, 1.54) is 38.3 Å². The summed E-state index contributed by atoms with van der Waals surface area (Å²) in [4.78, 5) is 26.8. The van der Waals surface area contributed by atoms with Crippen LogP contribution in [-0.4, -0.2) is 47.7 Å². The number of hydrogen-bond acceptors (Lipinski definition) is 4. The number of benzene rings is 1. The molecule has 0 bridgehead atoms. The van der Waals surface area contributed by atoms with Crippen molar-refractivity contribution in [2.24, 2.45) is 7.05 Å². The maximum Gasteiger partial charge on any atom is 0.257 e. The largest absolute Gasteiger partial charge is 0.483 e. The summed E-state index contributed by atoms with van der Waals surface area (Å²) >= 11 is 0. The number of para-hydroxylation sites is 1. The lowest BCUT2D eigenvalue weighted by molar-refractivity contribution is -0.123. The van der Waals surface area contributed by atoms with Gasteiger partial charge < -0.3 is 19.5 Å². The number of rotatable bonds is 8. The first kappa shape index (κ1) is 20.4. The molecule has 0 aliphatic carbocycles. The Balaban J connectivity index is 1.47. The van der Waals surface area contributed by atoms with Crippen molar-refractivity contribution in [1.29, 1.82) is 0 Å². The van der Waals surface area contributed by atoms with Crippen molar-refractivity contribution in [2.45, 2.75) is 45.1 Å². The number of nitrogens with zero attached hydrogens (tertiary/aromatic N) is 2. The Kier molecular flexibility index (Phi) is 7.09. The van der Waals surface area contributed by atoms with Gasteiger partial charge in [-0.3, -0.25) is 9.59 Å². The Morgan fingerprint density at radius 3 is 2.93 bits per heavy atom. The molecule has 1 aromatic heterocycles. The van der Waals surface area contributed by atoms with Crippen LogP contribution in [-0.2, 0) is 11.8 Å². The van der Waals surface area contributed by atoms with Crippen molar-refractivity contribution >= 4 is 16.8 Å². The van der Waals surface area contributed by atoms with Gasteiger partial charge in [0.25, 0.3) is 11.5 Å². The molecule has 6 heteroatoms. The summed E-state index contributed by atoms with van der Waals surface area (Å²) in [5.41, 5.74) is 0.638. The molecule has 1 atom stereocenters. The first-order valence-corrected chi connectivity index (χ1v) is 10.3. The van der Waals surface area contributed by atoms with Crippen molar-refractivity contribution in [1.82, 2.24) is 14.8 Å². The minimum absolute atomic E-state index is 0.0849. The lowest BCUT2D eigenvalue weighted by atomic mass is 10.00. The molecule has 0 spiro atoms. The molecule has 1 saturated heterocycles. The Bertz CT molecular complexity index is 862. The number of piperidine rings is 1. The van der Waals surface area contributed by atoms with Crippen LogP contribution in [0.15, 0.2) is 35.1 Å². The standard InChI is InChI=1S/C22H31N3O3/c1-3-17-9-6-7-13-25(17)14-8-12-23-21(26)16-28-20-15-22(27)24(2)19-11-5-4-10-18(19)20/h4-5,10-11,15,17H,3,6-9,12-14,16H2,1-2H3,(H,23,26)/t17-/m0/s1. The summed E-state index contributed by atoms with van der Waals surface area (Å²) in [6.07, 6.45) is 6.05. The van der Waals surface area contributed by atoms with Crippen LogP contribution < -0.4 is 15.6 Å². The molecule has 1 aromatic carbocycles. The fourth-order valence-corrected chi connectivity index (χ4v) is 4.02. The van der Waals surface area contributed by atoms with Crippen LogP contribution in [0.5, 0.6) is 5.75 Å². The fourth-order valence-electron chi connectivity index (χ4n) is 4.02. The highest BCUT2D eigenvalue weighted by Crippen LogP contribution is 2.23. The molecule has 152 valence electrons. The van der Waals surface area contributed by atoms with Crippen LogP contribution in [0.25, 0.3) is 10.9 Å². The lowest BCUT2D eigenvalue weighted by Gasteiger charge is -2.35. The van der Waals surface area contributed by atoms with E-state index in [1.54, 1.807) is 11.6 Å². The maximum atomic E-state index is 12.1. The molecule has 1 amide bonds. The average molecular weight is 386 g/mol. The lowest BCUT2D eigenvalue weighted by Crippen LogP contribution is -2.41. The number of aryl methyl sites for hydroxylation is 1. The van der Waals surface area contributed by atoms with E-state index in [9.17, 15) is 9.59 Å². The zero-order valence-corrected chi connectivity index (χ0v) is 16.9. The number of ether oxygens (including phenoxy) is 1. The van der Waals surface area contributed by atoms with Crippen molar-refractivity contribution in [3.63, 3.8) is 0 Å². The smallest absolute Gasteiger partial charge is 0.257 e. The van der Waals surface area contributed by atoms with Gasteiger partial charge in [0.1, 0.15) is 5.75 Å². The molecule has 0 radical (unpaired) electrons.